The Morgan fingerprint density at radius 3 is 2.95 bits per heavy atom. The smallest absolute Gasteiger partial charge is 0.407 e. The lowest BCUT2D eigenvalue weighted by atomic mass is 10.1. The van der Waals surface area contributed by atoms with Crippen LogP contribution in [-0.4, -0.2) is 66.6 Å². The number of hydrogen-bond donors (Lipinski definition) is 1. The topological polar surface area (TPSA) is 75.1 Å². The highest BCUT2D eigenvalue weighted by atomic mass is 16.5. The van der Waals surface area contributed by atoms with Gasteiger partial charge in [0.05, 0.1) is 12.6 Å². The molecule has 3 heterocycles. The minimum atomic E-state index is -0.848. The van der Waals surface area contributed by atoms with Crippen molar-refractivity contribution in [2.45, 2.75) is 25.4 Å². The predicted octanol–water partition coefficient (Wildman–Crippen LogP) is 1.22. The fraction of sp³-hybridized carbons (Fsp3) is 0.600. The van der Waals surface area contributed by atoms with Crippen LogP contribution in [0.25, 0.3) is 0 Å². The van der Waals surface area contributed by atoms with Crippen LogP contribution in [0.15, 0.2) is 12.1 Å². The van der Waals surface area contributed by atoms with Gasteiger partial charge in [-0.15, -0.1) is 0 Å². The van der Waals surface area contributed by atoms with Gasteiger partial charge in [-0.3, -0.25) is 0 Å². The van der Waals surface area contributed by atoms with E-state index in [-0.39, 0.29) is 12.1 Å². The summed E-state index contributed by atoms with van der Waals surface area (Å²) >= 11 is 0. The van der Waals surface area contributed by atoms with Gasteiger partial charge in [0.15, 0.2) is 0 Å². The number of aromatic nitrogens is 1. The third kappa shape index (κ3) is 2.68. The molecule has 2 atom stereocenters. The van der Waals surface area contributed by atoms with Crippen LogP contribution < -0.4 is 9.64 Å². The Balaban J connectivity index is 1.78. The van der Waals surface area contributed by atoms with Gasteiger partial charge in [0.1, 0.15) is 12.4 Å². The largest absolute Gasteiger partial charge is 0.475 e. The molecule has 22 heavy (non-hydrogen) atoms. The second-order valence-electron chi connectivity index (χ2n) is 5.78. The van der Waals surface area contributed by atoms with Gasteiger partial charge in [-0.25, -0.2) is 4.79 Å². The second-order valence-corrected chi connectivity index (χ2v) is 5.78. The summed E-state index contributed by atoms with van der Waals surface area (Å²) in [6, 6.07) is 4.17. The molecule has 1 fully saturated rings. The summed E-state index contributed by atoms with van der Waals surface area (Å²) in [6.45, 7) is 4.05. The molecule has 0 aromatic carbocycles. The molecule has 1 saturated heterocycles. The van der Waals surface area contributed by atoms with Crippen molar-refractivity contribution >= 4 is 11.9 Å². The molecule has 0 aliphatic carbocycles. The van der Waals surface area contributed by atoms with Crippen molar-refractivity contribution < 1.29 is 19.4 Å². The number of rotatable bonds is 4. The average molecular weight is 307 g/mol. The third-order valence-corrected chi connectivity index (χ3v) is 4.22. The maximum atomic E-state index is 11.2. The zero-order valence-corrected chi connectivity index (χ0v) is 12.9. The number of ether oxygens (including phenoxy) is 2. The first-order valence-electron chi connectivity index (χ1n) is 7.48. The zero-order chi connectivity index (χ0) is 15.7. The molecule has 7 nitrogen and oxygen atoms in total. The van der Waals surface area contributed by atoms with Crippen LogP contribution in [-0.2, 0) is 11.2 Å². The lowest BCUT2D eigenvalue weighted by Crippen LogP contribution is -2.57. The molecule has 120 valence electrons. The molecule has 1 aromatic heterocycles. The van der Waals surface area contributed by atoms with Crippen molar-refractivity contribution in [3.63, 3.8) is 0 Å². The van der Waals surface area contributed by atoms with Crippen LogP contribution >= 0.6 is 0 Å². The molecule has 0 spiro atoms. The number of fused-ring (bicyclic) bond motifs is 3. The van der Waals surface area contributed by atoms with E-state index >= 15 is 0 Å². The van der Waals surface area contributed by atoms with Gasteiger partial charge in [0.2, 0.25) is 5.88 Å². The van der Waals surface area contributed by atoms with Crippen molar-refractivity contribution in [2.75, 3.05) is 38.3 Å². The van der Waals surface area contributed by atoms with Crippen molar-refractivity contribution in [1.82, 2.24) is 9.88 Å². The van der Waals surface area contributed by atoms with Gasteiger partial charge in [-0.05, 0) is 25.0 Å². The monoisotopic (exact) mass is 307 g/mol. The maximum Gasteiger partial charge on any atom is 0.407 e. The average Bonchev–Trinajstić information content (AvgIpc) is 2.85. The van der Waals surface area contributed by atoms with Gasteiger partial charge < -0.3 is 24.4 Å². The molecule has 2 aliphatic rings. The molecule has 0 bridgehead atoms. The standard InChI is InChI=1S/C15H21N3O4/c1-10-8-17(15(19)20)9-12-7-11-3-4-13(22-6-5-21-2)16-14(11)18(10)12/h3-4,10,12H,5-9H2,1-2H3,(H,19,20)/t10-,12-/m1/s1. The Morgan fingerprint density at radius 1 is 1.41 bits per heavy atom. The van der Waals surface area contributed by atoms with Crippen LogP contribution in [0.4, 0.5) is 10.6 Å². The highest BCUT2D eigenvalue weighted by Crippen LogP contribution is 2.36. The number of nitrogens with zero attached hydrogens (tertiary/aromatic N) is 3. The number of hydrogen-bond acceptors (Lipinski definition) is 5. The minimum Gasteiger partial charge on any atom is -0.475 e. The molecule has 1 N–H and O–H groups in total. The molecule has 0 unspecified atom stereocenters. The molecular weight excluding hydrogens is 286 g/mol. The van der Waals surface area contributed by atoms with Gasteiger partial charge >= 0.3 is 6.09 Å². The van der Waals surface area contributed by atoms with Gasteiger partial charge in [0, 0.05) is 32.3 Å². The lowest BCUT2D eigenvalue weighted by molar-refractivity contribution is 0.128. The lowest BCUT2D eigenvalue weighted by Gasteiger charge is -2.42. The molecule has 0 saturated carbocycles. The zero-order valence-electron chi connectivity index (χ0n) is 12.9. The summed E-state index contributed by atoms with van der Waals surface area (Å²) < 4.78 is 10.5. The van der Waals surface area contributed by atoms with E-state index in [9.17, 15) is 9.90 Å². The Morgan fingerprint density at radius 2 is 2.23 bits per heavy atom. The van der Waals surface area contributed by atoms with E-state index in [1.54, 1.807) is 7.11 Å². The van der Waals surface area contributed by atoms with Crippen molar-refractivity contribution in [1.29, 1.82) is 0 Å². The first-order valence-corrected chi connectivity index (χ1v) is 7.48. The van der Waals surface area contributed by atoms with Crippen LogP contribution in [0.2, 0.25) is 0 Å². The predicted molar refractivity (Wildman–Crippen MR) is 80.6 cm³/mol. The first kappa shape index (κ1) is 14.9. The number of anilines is 1. The van der Waals surface area contributed by atoms with Crippen molar-refractivity contribution in [2.24, 2.45) is 0 Å². The number of carboxylic acid groups (broad SMARTS) is 1. The Bertz CT molecular complexity index is 566. The van der Waals surface area contributed by atoms with Crippen LogP contribution in [0, 0.1) is 0 Å². The number of methoxy groups -OCH3 is 1. The van der Waals surface area contributed by atoms with Gasteiger partial charge in [-0.2, -0.15) is 4.98 Å². The van der Waals surface area contributed by atoms with E-state index in [1.165, 1.54) is 4.90 Å². The number of amides is 1. The van der Waals surface area contributed by atoms with Crippen molar-refractivity contribution in [3.8, 4) is 5.88 Å². The van der Waals surface area contributed by atoms with Gasteiger partial charge in [-0.1, -0.05) is 0 Å². The SMILES string of the molecule is COCCOc1ccc2c(n1)N1[C@H](C2)CN(C(=O)O)C[C@H]1C. The number of piperazine rings is 1. The molecule has 2 aliphatic heterocycles. The van der Waals surface area contributed by atoms with E-state index in [1.807, 2.05) is 19.1 Å². The fourth-order valence-corrected chi connectivity index (χ4v) is 3.29. The quantitative estimate of drug-likeness (QED) is 0.843. The highest BCUT2D eigenvalue weighted by molar-refractivity contribution is 5.67. The summed E-state index contributed by atoms with van der Waals surface area (Å²) in [6.07, 6.45) is -0.0200. The van der Waals surface area contributed by atoms with Crippen LogP contribution in [0.5, 0.6) is 5.88 Å². The summed E-state index contributed by atoms with van der Waals surface area (Å²) in [5, 5.41) is 9.22. The number of carbonyl (C=O) groups is 1. The highest BCUT2D eigenvalue weighted by Gasteiger charge is 2.40. The van der Waals surface area contributed by atoms with Crippen LogP contribution in [0.3, 0.4) is 0 Å². The number of pyridine rings is 1. The molecule has 0 radical (unpaired) electrons. The fourth-order valence-electron chi connectivity index (χ4n) is 3.29. The van der Waals surface area contributed by atoms with E-state index in [4.69, 9.17) is 9.47 Å². The maximum absolute atomic E-state index is 11.2. The Hall–Kier alpha value is -2.02. The second kappa shape index (κ2) is 6.00. The summed E-state index contributed by atoms with van der Waals surface area (Å²) in [7, 11) is 1.63. The van der Waals surface area contributed by atoms with Gasteiger partial charge in [0.25, 0.3) is 0 Å². The van der Waals surface area contributed by atoms with E-state index < -0.39 is 6.09 Å². The minimum absolute atomic E-state index is 0.109. The van der Waals surface area contributed by atoms with E-state index in [0.717, 1.165) is 17.8 Å². The Labute approximate surface area is 129 Å². The molecular formula is C15H21N3O4. The summed E-state index contributed by atoms with van der Waals surface area (Å²) in [4.78, 5) is 19.6. The van der Waals surface area contributed by atoms with Crippen LogP contribution in [0.1, 0.15) is 12.5 Å². The Kier molecular flexibility index (Phi) is 4.06. The molecule has 7 heteroatoms. The van der Waals surface area contributed by atoms with E-state index in [2.05, 4.69) is 9.88 Å². The molecule has 1 aromatic rings. The first-order chi connectivity index (χ1) is 10.6. The third-order valence-electron chi connectivity index (χ3n) is 4.22. The summed E-state index contributed by atoms with van der Waals surface area (Å²) in [5.41, 5.74) is 1.16. The molecule has 3 rings (SSSR count). The van der Waals surface area contributed by atoms with E-state index in [0.29, 0.717) is 32.2 Å². The molecule has 1 amide bonds. The normalized spacial score (nSPS) is 23.2. The summed E-state index contributed by atoms with van der Waals surface area (Å²) in [5.74, 6) is 1.52. The van der Waals surface area contributed by atoms with Crippen molar-refractivity contribution in [3.05, 3.63) is 17.7 Å².